The van der Waals surface area contributed by atoms with Crippen molar-refractivity contribution in [3.05, 3.63) is 23.8 Å². The van der Waals surface area contributed by atoms with Crippen LogP contribution < -0.4 is 5.73 Å². The van der Waals surface area contributed by atoms with E-state index in [1.807, 2.05) is 0 Å². The molecule has 102 valence electrons. The summed E-state index contributed by atoms with van der Waals surface area (Å²) in [6.07, 6.45) is 2.86. The van der Waals surface area contributed by atoms with Gasteiger partial charge in [-0.05, 0) is 13.8 Å². The Bertz CT molecular complexity index is 519. The van der Waals surface area contributed by atoms with Crippen molar-refractivity contribution >= 4 is 11.8 Å². The molecule has 2 N–H and O–H groups in total. The first-order valence-electron chi connectivity index (χ1n) is 5.94. The molecular weight excluding hydrogens is 248 g/mol. The number of carbonyl (C=O) groups excluding carboxylic acids is 2. The van der Waals surface area contributed by atoms with E-state index in [0.29, 0.717) is 17.8 Å². The Morgan fingerprint density at radius 3 is 2.89 bits per heavy atom. The van der Waals surface area contributed by atoms with Gasteiger partial charge < -0.3 is 15.4 Å². The minimum atomic E-state index is -1.14. The van der Waals surface area contributed by atoms with E-state index in [9.17, 15) is 9.59 Å². The van der Waals surface area contributed by atoms with E-state index in [2.05, 4.69) is 9.97 Å². The van der Waals surface area contributed by atoms with Gasteiger partial charge in [0.25, 0.3) is 11.8 Å². The maximum Gasteiger partial charge on any atom is 0.257 e. The summed E-state index contributed by atoms with van der Waals surface area (Å²) in [7, 11) is 0. The molecule has 0 radical (unpaired) electrons. The minimum Gasteiger partial charge on any atom is -0.367 e. The highest BCUT2D eigenvalue weighted by Crippen LogP contribution is 2.19. The van der Waals surface area contributed by atoms with Crippen LogP contribution in [-0.2, 0) is 9.53 Å². The van der Waals surface area contributed by atoms with E-state index in [1.165, 1.54) is 12.5 Å². The highest BCUT2D eigenvalue weighted by atomic mass is 16.5. The van der Waals surface area contributed by atoms with Crippen molar-refractivity contribution in [1.82, 2.24) is 14.9 Å². The molecule has 2 rings (SSSR count). The van der Waals surface area contributed by atoms with E-state index in [-0.39, 0.29) is 19.1 Å². The third kappa shape index (κ3) is 2.55. The Morgan fingerprint density at radius 1 is 1.53 bits per heavy atom. The normalized spacial score (nSPS) is 23.2. The lowest BCUT2D eigenvalue weighted by Crippen LogP contribution is -2.58. The van der Waals surface area contributed by atoms with Crippen LogP contribution >= 0.6 is 0 Å². The quantitative estimate of drug-likeness (QED) is 0.776. The number of hydrogen-bond acceptors (Lipinski definition) is 5. The lowest BCUT2D eigenvalue weighted by atomic mass is 10.0. The van der Waals surface area contributed by atoms with Crippen molar-refractivity contribution in [2.45, 2.75) is 19.4 Å². The van der Waals surface area contributed by atoms with Crippen molar-refractivity contribution < 1.29 is 14.3 Å². The molecule has 1 aromatic heterocycles. The summed E-state index contributed by atoms with van der Waals surface area (Å²) >= 11 is 0. The average Bonchev–Trinajstić information content (AvgIpc) is 2.38. The van der Waals surface area contributed by atoms with E-state index < -0.39 is 11.5 Å². The molecule has 0 aromatic carbocycles. The van der Waals surface area contributed by atoms with E-state index in [1.54, 1.807) is 18.7 Å². The number of hydrogen-bond donors (Lipinski definition) is 1. The molecule has 7 heteroatoms. The van der Waals surface area contributed by atoms with Crippen molar-refractivity contribution in [2.24, 2.45) is 5.73 Å². The number of aromatic nitrogens is 2. The minimum absolute atomic E-state index is 0.134. The Kier molecular flexibility index (Phi) is 3.48. The number of carbonyl (C=O) groups is 2. The molecule has 1 aliphatic heterocycles. The maximum atomic E-state index is 12.4. The highest BCUT2D eigenvalue weighted by Gasteiger charge is 2.39. The molecule has 1 aromatic rings. The van der Waals surface area contributed by atoms with Crippen LogP contribution in [0.3, 0.4) is 0 Å². The van der Waals surface area contributed by atoms with E-state index in [4.69, 9.17) is 10.5 Å². The van der Waals surface area contributed by atoms with Gasteiger partial charge in [-0.25, -0.2) is 9.97 Å². The molecule has 1 aliphatic rings. The molecule has 1 fully saturated rings. The second-order valence-electron chi connectivity index (χ2n) is 4.69. The van der Waals surface area contributed by atoms with Crippen LogP contribution in [0.1, 0.15) is 23.0 Å². The number of primary amides is 1. The van der Waals surface area contributed by atoms with Crippen LogP contribution in [0, 0.1) is 6.92 Å². The average molecular weight is 264 g/mol. The van der Waals surface area contributed by atoms with Crippen molar-refractivity contribution in [3.63, 3.8) is 0 Å². The molecule has 0 spiro atoms. The second kappa shape index (κ2) is 4.93. The summed E-state index contributed by atoms with van der Waals surface area (Å²) < 4.78 is 5.37. The summed E-state index contributed by atoms with van der Waals surface area (Å²) in [5.74, 6) is -0.792. The molecule has 0 unspecified atom stereocenters. The zero-order valence-corrected chi connectivity index (χ0v) is 10.9. The summed E-state index contributed by atoms with van der Waals surface area (Å²) in [5, 5.41) is 0. The molecule has 1 atom stereocenters. The van der Waals surface area contributed by atoms with E-state index in [0.717, 1.165) is 0 Å². The van der Waals surface area contributed by atoms with Crippen molar-refractivity contribution in [1.29, 1.82) is 0 Å². The predicted molar refractivity (Wildman–Crippen MR) is 66.2 cm³/mol. The molecule has 0 saturated carbocycles. The molecule has 2 amide bonds. The Hall–Kier alpha value is -2.02. The smallest absolute Gasteiger partial charge is 0.257 e. The maximum absolute atomic E-state index is 12.4. The highest BCUT2D eigenvalue weighted by molar-refractivity contribution is 5.95. The fourth-order valence-corrected chi connectivity index (χ4v) is 1.96. The molecule has 2 heterocycles. The van der Waals surface area contributed by atoms with Crippen LogP contribution in [0.4, 0.5) is 0 Å². The Morgan fingerprint density at radius 2 is 2.26 bits per heavy atom. The number of ether oxygens (including phenoxy) is 1. The second-order valence-corrected chi connectivity index (χ2v) is 4.69. The molecule has 1 saturated heterocycles. The van der Waals surface area contributed by atoms with Gasteiger partial charge in [-0.1, -0.05) is 0 Å². The summed E-state index contributed by atoms with van der Waals surface area (Å²) in [5.41, 5.74) is 5.20. The van der Waals surface area contributed by atoms with Crippen molar-refractivity contribution in [2.75, 3.05) is 19.7 Å². The third-order valence-electron chi connectivity index (χ3n) is 3.22. The number of rotatable bonds is 2. The number of morpholine rings is 1. The Labute approximate surface area is 110 Å². The van der Waals surface area contributed by atoms with Gasteiger partial charge in [0.2, 0.25) is 0 Å². The molecular formula is C12H16N4O3. The first kappa shape index (κ1) is 13.4. The molecule has 0 aliphatic carbocycles. The standard InChI is InChI=1S/C12H16N4O3/c1-8-9(5-14-7-15-8)10(17)16-3-4-19-12(2,6-16)11(13)18/h5,7H,3-4,6H2,1-2H3,(H2,13,18)/t12-/m1/s1. The first-order valence-corrected chi connectivity index (χ1v) is 5.94. The zero-order chi connectivity index (χ0) is 14.0. The molecule has 19 heavy (non-hydrogen) atoms. The van der Waals surface area contributed by atoms with Gasteiger partial charge in [0.15, 0.2) is 5.60 Å². The fraction of sp³-hybridized carbons (Fsp3) is 0.500. The largest absolute Gasteiger partial charge is 0.367 e. The third-order valence-corrected chi connectivity index (χ3v) is 3.22. The Balaban J connectivity index is 2.21. The summed E-state index contributed by atoms with van der Waals surface area (Å²) in [6.45, 7) is 4.15. The van der Waals surface area contributed by atoms with Gasteiger partial charge in [-0.15, -0.1) is 0 Å². The lowest BCUT2D eigenvalue weighted by Gasteiger charge is -2.38. The van der Waals surface area contributed by atoms with Crippen LogP contribution in [-0.4, -0.2) is 52.0 Å². The van der Waals surface area contributed by atoms with Gasteiger partial charge >= 0.3 is 0 Å². The SMILES string of the molecule is Cc1ncncc1C(=O)N1CCO[C@@](C)(C(N)=O)C1. The number of nitrogens with zero attached hydrogens (tertiary/aromatic N) is 3. The van der Waals surface area contributed by atoms with Gasteiger partial charge in [-0.3, -0.25) is 9.59 Å². The number of nitrogens with two attached hydrogens (primary N) is 1. The lowest BCUT2D eigenvalue weighted by molar-refractivity contribution is -0.150. The molecule has 7 nitrogen and oxygen atoms in total. The van der Waals surface area contributed by atoms with Gasteiger partial charge in [0.05, 0.1) is 24.4 Å². The first-order chi connectivity index (χ1) is 8.94. The van der Waals surface area contributed by atoms with Gasteiger partial charge in [0.1, 0.15) is 6.33 Å². The van der Waals surface area contributed by atoms with Crippen LogP contribution in [0.2, 0.25) is 0 Å². The van der Waals surface area contributed by atoms with Crippen LogP contribution in [0.25, 0.3) is 0 Å². The predicted octanol–water partition coefficient (Wildman–Crippen LogP) is -0.499. The topological polar surface area (TPSA) is 98.4 Å². The fourth-order valence-electron chi connectivity index (χ4n) is 1.96. The van der Waals surface area contributed by atoms with Gasteiger partial charge in [0, 0.05) is 12.7 Å². The number of aryl methyl sites for hydroxylation is 1. The van der Waals surface area contributed by atoms with Crippen LogP contribution in [0.5, 0.6) is 0 Å². The zero-order valence-electron chi connectivity index (χ0n) is 10.9. The van der Waals surface area contributed by atoms with Gasteiger partial charge in [-0.2, -0.15) is 0 Å². The summed E-state index contributed by atoms with van der Waals surface area (Å²) in [4.78, 5) is 33.1. The molecule has 0 bridgehead atoms. The van der Waals surface area contributed by atoms with Crippen molar-refractivity contribution in [3.8, 4) is 0 Å². The summed E-state index contributed by atoms with van der Waals surface area (Å²) in [6, 6.07) is 0. The van der Waals surface area contributed by atoms with E-state index >= 15 is 0 Å². The van der Waals surface area contributed by atoms with Crippen LogP contribution in [0.15, 0.2) is 12.5 Å². The number of amides is 2. The monoisotopic (exact) mass is 264 g/mol.